The Morgan fingerprint density at radius 1 is 1.07 bits per heavy atom. The predicted octanol–water partition coefficient (Wildman–Crippen LogP) is 4.02. The fourth-order valence-electron chi connectivity index (χ4n) is 1.27. The van der Waals surface area contributed by atoms with Gasteiger partial charge in [-0.2, -0.15) is 0 Å². The zero-order valence-corrected chi connectivity index (χ0v) is 11.8. The second-order valence-electron chi connectivity index (χ2n) is 5.12. The monoisotopic (exact) mass is 242 g/mol. The van der Waals surface area contributed by atoms with Crippen LogP contribution in [0.4, 0.5) is 0 Å². The van der Waals surface area contributed by atoms with Gasteiger partial charge in [-0.15, -0.1) is 0 Å². The minimum Gasteiger partial charge on any atom is -0.467 e. The van der Waals surface area contributed by atoms with Crippen LogP contribution < -0.4 is 4.52 Å². The summed E-state index contributed by atoms with van der Waals surface area (Å²) in [7, 11) is 0. The van der Waals surface area contributed by atoms with Gasteiger partial charge in [-0.05, 0) is 36.4 Å². The van der Waals surface area contributed by atoms with Gasteiger partial charge in [0.2, 0.25) is 0 Å². The van der Waals surface area contributed by atoms with Crippen LogP contribution in [0, 0.1) is 0 Å². The fraction of sp³-hybridized carbons (Fsp3) is 0.500. The average Bonchev–Trinajstić information content (AvgIpc) is 2.00. The third-order valence-electron chi connectivity index (χ3n) is 2.05. The van der Waals surface area contributed by atoms with Crippen molar-refractivity contribution in [3.63, 3.8) is 0 Å². The maximum Gasteiger partial charge on any atom is 0.124 e. The summed E-state index contributed by atoms with van der Waals surface area (Å²) in [5.41, 5.74) is 1.51. The lowest BCUT2D eigenvalue weighted by Gasteiger charge is -2.20. The van der Waals surface area contributed by atoms with Gasteiger partial charge < -0.3 is 4.52 Å². The molecule has 1 aromatic carbocycles. The Morgan fingerprint density at radius 2 is 1.53 bits per heavy atom. The van der Waals surface area contributed by atoms with Crippen molar-refractivity contribution in [2.24, 2.45) is 0 Å². The Bertz CT molecular complexity index is 370. The lowest BCUT2D eigenvalue weighted by atomic mass is 9.87. The third-order valence-corrected chi connectivity index (χ3v) is 2.92. The van der Waals surface area contributed by atoms with Crippen LogP contribution in [0.25, 0.3) is 0 Å². The Morgan fingerprint density at radius 3 is 1.87 bits per heavy atom. The van der Waals surface area contributed by atoms with Crippen LogP contribution >= 0.6 is 6.26 Å². The highest BCUT2D eigenvalue weighted by atomic mass is 32.4. The highest BCUT2D eigenvalue weighted by Gasteiger charge is 2.13. The van der Waals surface area contributed by atoms with Crippen LogP contribution in [-0.2, 0) is 17.2 Å². The topological polar surface area (TPSA) is 9.23 Å². The molecule has 0 aromatic heterocycles. The van der Waals surface area contributed by atoms with Gasteiger partial charge in [0.05, 0.1) is 0 Å². The van der Waals surface area contributed by atoms with Gasteiger partial charge in [0.1, 0.15) is 12.0 Å². The number of rotatable bonds is 2. The Labute approximate surface area is 97.9 Å². The Hall–Kier alpha value is -0.330. The highest BCUT2D eigenvalue weighted by molar-refractivity contribution is 8.11. The molecule has 0 saturated heterocycles. The molecular weight excluding hydrogens is 223 g/mol. The van der Waals surface area contributed by atoms with Crippen LogP contribution in [0.3, 0.4) is 0 Å². The van der Waals surface area contributed by atoms with Crippen molar-refractivity contribution in [3.05, 3.63) is 29.8 Å². The van der Waals surface area contributed by atoms with Gasteiger partial charge in [0.15, 0.2) is 0 Å². The van der Waals surface area contributed by atoms with Gasteiger partial charge in [-0.25, -0.2) is 0 Å². The molecule has 1 aromatic rings. The van der Waals surface area contributed by atoms with Crippen LogP contribution in [0.1, 0.15) is 26.3 Å². The van der Waals surface area contributed by atoms with E-state index < -0.39 is 6.26 Å². The molecule has 0 aliphatic heterocycles. The summed E-state index contributed by atoms with van der Waals surface area (Å²) < 4.78 is 5.70. The molecule has 84 valence electrons. The minimum absolute atomic E-state index is 0.192. The summed E-state index contributed by atoms with van der Waals surface area (Å²) >= 11 is 5.26. The van der Waals surface area contributed by atoms with Crippen molar-refractivity contribution >= 4 is 18.1 Å². The molecule has 0 spiro atoms. The average molecular weight is 242 g/mol. The molecule has 0 fully saturated rings. The molecule has 3 heteroatoms. The molecule has 0 N–H and O–H groups in total. The van der Waals surface area contributed by atoms with Gasteiger partial charge in [0.25, 0.3) is 0 Å². The molecule has 0 aliphatic carbocycles. The Kier molecular flexibility index (Phi) is 3.63. The lowest BCUT2D eigenvalue weighted by Crippen LogP contribution is -2.10. The van der Waals surface area contributed by atoms with Crippen molar-refractivity contribution in [2.45, 2.75) is 26.2 Å². The van der Waals surface area contributed by atoms with E-state index in [1.54, 1.807) is 0 Å². The van der Waals surface area contributed by atoms with Gasteiger partial charge in [-0.1, -0.05) is 44.7 Å². The smallest absolute Gasteiger partial charge is 0.124 e. The summed E-state index contributed by atoms with van der Waals surface area (Å²) in [4.78, 5) is 0. The van der Waals surface area contributed by atoms with E-state index in [1.807, 2.05) is 25.5 Å². The fourth-order valence-corrected chi connectivity index (χ4v) is 2.16. The molecule has 0 aliphatic rings. The van der Waals surface area contributed by atoms with Crippen molar-refractivity contribution in [1.82, 2.24) is 0 Å². The maximum atomic E-state index is 5.70. The predicted molar refractivity (Wildman–Crippen MR) is 71.9 cm³/mol. The molecule has 1 nitrogen and oxygen atoms in total. The van der Waals surface area contributed by atoms with E-state index in [0.29, 0.717) is 0 Å². The summed E-state index contributed by atoms with van der Waals surface area (Å²) in [6, 6.07) is 8.24. The van der Waals surface area contributed by atoms with E-state index >= 15 is 0 Å². The summed E-state index contributed by atoms with van der Waals surface area (Å²) in [5, 5.41) is 0. The van der Waals surface area contributed by atoms with Crippen molar-refractivity contribution in [2.75, 3.05) is 13.3 Å². The first-order chi connectivity index (χ1) is 6.68. The molecular formula is C12H19OPS. The molecule has 0 bridgehead atoms. The first-order valence-electron chi connectivity index (χ1n) is 5.04. The first kappa shape index (κ1) is 12.7. The Balaban J connectivity index is 2.87. The van der Waals surface area contributed by atoms with Crippen molar-refractivity contribution in [3.8, 4) is 5.75 Å². The second kappa shape index (κ2) is 4.27. The van der Waals surface area contributed by atoms with Crippen LogP contribution in [0.2, 0.25) is 0 Å². The molecule has 0 amide bonds. The van der Waals surface area contributed by atoms with Crippen LogP contribution in [0.15, 0.2) is 24.3 Å². The molecule has 15 heavy (non-hydrogen) atoms. The molecule has 0 heterocycles. The SMILES string of the molecule is CC(C)(C)c1ccc(OP(C)(C)=S)cc1. The number of benzene rings is 1. The van der Waals surface area contributed by atoms with Crippen LogP contribution in [-0.4, -0.2) is 13.3 Å². The third kappa shape index (κ3) is 4.36. The van der Waals surface area contributed by atoms with E-state index in [9.17, 15) is 0 Å². The van der Waals surface area contributed by atoms with Gasteiger partial charge in [0, 0.05) is 0 Å². The number of hydrogen-bond acceptors (Lipinski definition) is 2. The van der Waals surface area contributed by atoms with E-state index in [1.165, 1.54) is 5.56 Å². The van der Waals surface area contributed by atoms with Crippen molar-refractivity contribution < 1.29 is 4.52 Å². The number of hydrogen-bond donors (Lipinski definition) is 0. The van der Waals surface area contributed by atoms with E-state index in [2.05, 4.69) is 32.9 Å². The second-order valence-corrected chi connectivity index (χ2v) is 10.4. The van der Waals surface area contributed by atoms with Gasteiger partial charge >= 0.3 is 0 Å². The maximum absolute atomic E-state index is 5.70. The quantitative estimate of drug-likeness (QED) is 0.724. The van der Waals surface area contributed by atoms with E-state index in [0.717, 1.165) is 5.75 Å². The van der Waals surface area contributed by atoms with E-state index in [-0.39, 0.29) is 5.41 Å². The standard InChI is InChI=1S/C12H19OPS/c1-12(2,3)10-6-8-11(9-7-10)13-14(4,5)15/h6-9H,1-5H3. The summed E-state index contributed by atoms with van der Waals surface area (Å²) in [6.07, 6.45) is -1.61. The zero-order valence-electron chi connectivity index (χ0n) is 10.1. The first-order valence-corrected chi connectivity index (χ1v) is 8.65. The summed E-state index contributed by atoms with van der Waals surface area (Å²) in [5.74, 6) is 0.885. The molecule has 0 radical (unpaired) electrons. The largest absolute Gasteiger partial charge is 0.467 e. The van der Waals surface area contributed by atoms with E-state index in [4.69, 9.17) is 16.3 Å². The molecule has 0 unspecified atom stereocenters. The molecule has 0 atom stereocenters. The molecule has 1 rings (SSSR count). The molecule has 0 saturated carbocycles. The normalized spacial score (nSPS) is 12.6. The highest BCUT2D eigenvalue weighted by Crippen LogP contribution is 2.39. The van der Waals surface area contributed by atoms with Crippen LogP contribution in [0.5, 0.6) is 5.75 Å². The van der Waals surface area contributed by atoms with Crippen molar-refractivity contribution in [1.29, 1.82) is 0 Å². The summed E-state index contributed by atoms with van der Waals surface area (Å²) in [6.45, 7) is 10.6. The van der Waals surface area contributed by atoms with Gasteiger partial charge in [-0.3, -0.25) is 0 Å². The lowest BCUT2D eigenvalue weighted by molar-refractivity contribution is 0.584. The zero-order chi connectivity index (χ0) is 11.7. The minimum atomic E-state index is -1.61.